The molecule has 0 bridgehead atoms. The maximum atomic E-state index is 12.0. The predicted molar refractivity (Wildman–Crippen MR) is 85.2 cm³/mol. The number of hydrogen-bond acceptors (Lipinski definition) is 3. The van der Waals surface area contributed by atoms with E-state index in [1.54, 1.807) is 17.1 Å². The SMILES string of the molecule is Cn1cc(-c2ccc(NC(=O)Cc3ccccc3)cn2)cn1. The Labute approximate surface area is 128 Å². The summed E-state index contributed by atoms with van der Waals surface area (Å²) in [6.45, 7) is 0. The fraction of sp³-hybridized carbons (Fsp3) is 0.118. The molecule has 3 aromatic rings. The van der Waals surface area contributed by atoms with E-state index >= 15 is 0 Å². The van der Waals surface area contributed by atoms with E-state index in [9.17, 15) is 4.79 Å². The number of nitrogens with one attached hydrogen (secondary N) is 1. The second-order valence-electron chi connectivity index (χ2n) is 5.05. The molecule has 0 aliphatic carbocycles. The zero-order chi connectivity index (χ0) is 15.4. The molecule has 0 radical (unpaired) electrons. The standard InChI is InChI=1S/C17H16N4O/c1-21-12-14(10-19-21)16-8-7-15(11-18-16)20-17(22)9-13-5-3-2-4-6-13/h2-8,10-12H,9H2,1H3,(H,20,22). The third kappa shape index (κ3) is 3.38. The first kappa shape index (κ1) is 14.0. The average molecular weight is 292 g/mol. The number of pyridine rings is 1. The summed E-state index contributed by atoms with van der Waals surface area (Å²) < 4.78 is 1.73. The minimum Gasteiger partial charge on any atom is -0.324 e. The zero-order valence-electron chi connectivity index (χ0n) is 12.2. The topological polar surface area (TPSA) is 59.8 Å². The van der Waals surface area contributed by atoms with Crippen LogP contribution >= 0.6 is 0 Å². The van der Waals surface area contributed by atoms with Crippen LogP contribution in [0.1, 0.15) is 5.56 Å². The quantitative estimate of drug-likeness (QED) is 0.804. The average Bonchev–Trinajstić information content (AvgIpc) is 2.95. The Kier molecular flexibility index (Phi) is 3.96. The van der Waals surface area contributed by atoms with Gasteiger partial charge < -0.3 is 5.32 Å². The van der Waals surface area contributed by atoms with Gasteiger partial charge in [-0.1, -0.05) is 30.3 Å². The summed E-state index contributed by atoms with van der Waals surface area (Å²) in [7, 11) is 1.86. The van der Waals surface area contributed by atoms with Crippen LogP contribution in [0, 0.1) is 0 Å². The first-order valence-electron chi connectivity index (χ1n) is 6.99. The lowest BCUT2D eigenvalue weighted by Crippen LogP contribution is -2.14. The van der Waals surface area contributed by atoms with E-state index in [4.69, 9.17) is 0 Å². The van der Waals surface area contributed by atoms with Crippen LogP contribution < -0.4 is 5.32 Å². The summed E-state index contributed by atoms with van der Waals surface area (Å²) in [5.74, 6) is -0.0536. The molecule has 1 amide bonds. The van der Waals surface area contributed by atoms with Crippen molar-refractivity contribution in [1.82, 2.24) is 14.8 Å². The molecule has 1 aromatic carbocycles. The Morgan fingerprint density at radius 3 is 2.59 bits per heavy atom. The van der Waals surface area contributed by atoms with E-state index in [0.29, 0.717) is 12.1 Å². The van der Waals surface area contributed by atoms with E-state index in [1.807, 2.05) is 55.7 Å². The lowest BCUT2D eigenvalue weighted by molar-refractivity contribution is -0.115. The molecular formula is C17H16N4O. The number of carbonyl (C=O) groups excluding carboxylic acids is 1. The van der Waals surface area contributed by atoms with Crippen LogP contribution in [0.3, 0.4) is 0 Å². The van der Waals surface area contributed by atoms with Gasteiger partial charge in [-0.15, -0.1) is 0 Å². The number of rotatable bonds is 4. The van der Waals surface area contributed by atoms with Crippen molar-refractivity contribution in [3.63, 3.8) is 0 Å². The molecule has 3 rings (SSSR count). The van der Waals surface area contributed by atoms with Crippen LogP contribution in [0.4, 0.5) is 5.69 Å². The largest absolute Gasteiger partial charge is 0.324 e. The van der Waals surface area contributed by atoms with Crippen molar-refractivity contribution in [3.8, 4) is 11.3 Å². The summed E-state index contributed by atoms with van der Waals surface area (Å²) in [5, 5.41) is 6.97. The van der Waals surface area contributed by atoms with Crippen LogP contribution in [-0.4, -0.2) is 20.7 Å². The summed E-state index contributed by atoms with van der Waals surface area (Å²) in [5.41, 5.74) is 3.45. The third-order valence-electron chi connectivity index (χ3n) is 3.26. The first-order valence-corrected chi connectivity index (χ1v) is 6.99. The summed E-state index contributed by atoms with van der Waals surface area (Å²) in [6.07, 6.45) is 5.67. The van der Waals surface area contributed by atoms with Crippen LogP contribution in [0.5, 0.6) is 0 Å². The van der Waals surface area contributed by atoms with Gasteiger partial charge in [0.15, 0.2) is 0 Å². The predicted octanol–water partition coefficient (Wildman–Crippen LogP) is 2.66. The van der Waals surface area contributed by atoms with Crippen molar-refractivity contribution < 1.29 is 4.79 Å². The van der Waals surface area contributed by atoms with Gasteiger partial charge in [-0.05, 0) is 17.7 Å². The summed E-state index contributed by atoms with van der Waals surface area (Å²) in [6, 6.07) is 13.4. The Morgan fingerprint density at radius 1 is 1.14 bits per heavy atom. The van der Waals surface area contributed by atoms with Gasteiger partial charge in [0.2, 0.25) is 5.91 Å². The number of carbonyl (C=O) groups is 1. The normalized spacial score (nSPS) is 10.4. The fourth-order valence-electron chi connectivity index (χ4n) is 2.18. The molecule has 0 saturated carbocycles. The number of nitrogens with zero attached hydrogens (tertiary/aromatic N) is 3. The van der Waals surface area contributed by atoms with Gasteiger partial charge in [0.05, 0.1) is 30.2 Å². The molecule has 110 valence electrons. The van der Waals surface area contributed by atoms with E-state index in [-0.39, 0.29) is 5.91 Å². The molecule has 5 heteroatoms. The van der Waals surface area contributed by atoms with E-state index < -0.39 is 0 Å². The van der Waals surface area contributed by atoms with E-state index in [2.05, 4.69) is 15.4 Å². The molecule has 22 heavy (non-hydrogen) atoms. The summed E-state index contributed by atoms with van der Waals surface area (Å²) >= 11 is 0. The summed E-state index contributed by atoms with van der Waals surface area (Å²) in [4.78, 5) is 16.3. The molecule has 2 heterocycles. The highest BCUT2D eigenvalue weighted by molar-refractivity contribution is 5.92. The van der Waals surface area contributed by atoms with Crippen LogP contribution in [0.2, 0.25) is 0 Å². The molecule has 5 nitrogen and oxygen atoms in total. The van der Waals surface area contributed by atoms with Gasteiger partial charge in [-0.2, -0.15) is 5.10 Å². The van der Waals surface area contributed by atoms with Gasteiger partial charge in [0.25, 0.3) is 0 Å². The molecule has 0 unspecified atom stereocenters. The molecular weight excluding hydrogens is 276 g/mol. The Hall–Kier alpha value is -2.95. The maximum absolute atomic E-state index is 12.0. The molecule has 0 aliphatic heterocycles. The van der Waals surface area contributed by atoms with E-state index in [1.165, 1.54) is 0 Å². The second kappa shape index (κ2) is 6.22. The van der Waals surface area contributed by atoms with Gasteiger partial charge in [0.1, 0.15) is 0 Å². The third-order valence-corrected chi connectivity index (χ3v) is 3.26. The van der Waals surface area contributed by atoms with Gasteiger partial charge >= 0.3 is 0 Å². The lowest BCUT2D eigenvalue weighted by Gasteiger charge is -2.05. The first-order chi connectivity index (χ1) is 10.7. The number of aromatic nitrogens is 3. The second-order valence-corrected chi connectivity index (χ2v) is 5.05. The van der Waals surface area contributed by atoms with Crippen molar-refractivity contribution in [2.75, 3.05) is 5.32 Å². The fourth-order valence-corrected chi connectivity index (χ4v) is 2.18. The van der Waals surface area contributed by atoms with Gasteiger partial charge in [0, 0.05) is 18.8 Å². The van der Waals surface area contributed by atoms with Gasteiger partial charge in [-0.25, -0.2) is 0 Å². The Morgan fingerprint density at radius 2 is 1.95 bits per heavy atom. The number of hydrogen-bond donors (Lipinski definition) is 1. The van der Waals surface area contributed by atoms with Crippen LogP contribution in [0.15, 0.2) is 61.1 Å². The minimum absolute atomic E-state index is 0.0536. The molecule has 2 aromatic heterocycles. The molecule has 0 spiro atoms. The van der Waals surface area contributed by atoms with Crippen molar-refractivity contribution in [2.45, 2.75) is 6.42 Å². The Bertz CT molecular complexity index is 763. The maximum Gasteiger partial charge on any atom is 0.228 e. The molecule has 0 aliphatic rings. The van der Waals surface area contributed by atoms with Gasteiger partial charge in [-0.3, -0.25) is 14.5 Å². The number of anilines is 1. The highest BCUT2D eigenvalue weighted by atomic mass is 16.1. The highest BCUT2D eigenvalue weighted by Crippen LogP contribution is 2.17. The molecule has 0 saturated heterocycles. The van der Waals surface area contributed by atoms with Crippen molar-refractivity contribution >= 4 is 11.6 Å². The molecule has 1 N–H and O–H groups in total. The monoisotopic (exact) mass is 292 g/mol. The highest BCUT2D eigenvalue weighted by Gasteiger charge is 2.06. The molecule has 0 fully saturated rings. The minimum atomic E-state index is -0.0536. The zero-order valence-corrected chi connectivity index (χ0v) is 12.2. The number of aryl methyl sites for hydroxylation is 1. The van der Waals surface area contributed by atoms with Crippen LogP contribution in [0.25, 0.3) is 11.3 Å². The number of benzene rings is 1. The lowest BCUT2D eigenvalue weighted by atomic mass is 10.1. The Balaban J connectivity index is 1.65. The van der Waals surface area contributed by atoms with E-state index in [0.717, 1.165) is 16.8 Å². The smallest absolute Gasteiger partial charge is 0.228 e. The van der Waals surface area contributed by atoms with Crippen molar-refractivity contribution in [1.29, 1.82) is 0 Å². The van der Waals surface area contributed by atoms with Crippen LogP contribution in [-0.2, 0) is 18.3 Å². The number of amides is 1. The van der Waals surface area contributed by atoms with Crippen molar-refractivity contribution in [3.05, 3.63) is 66.6 Å². The van der Waals surface area contributed by atoms with Crippen molar-refractivity contribution in [2.24, 2.45) is 7.05 Å². The molecule has 0 atom stereocenters.